The number of nitrogens with zero attached hydrogens (tertiary/aromatic N) is 1. The summed E-state index contributed by atoms with van der Waals surface area (Å²) in [5.41, 5.74) is -1.08. The van der Waals surface area contributed by atoms with Crippen molar-refractivity contribution in [2.75, 3.05) is 40.0 Å². The molecule has 136 valence electrons. The minimum Gasteiger partial charge on any atom is -0.484 e. The van der Waals surface area contributed by atoms with Crippen LogP contribution in [0.1, 0.15) is 6.42 Å². The smallest absolute Gasteiger partial charge is 0.313 e. The highest BCUT2D eigenvalue weighted by Gasteiger charge is 2.46. The maximum absolute atomic E-state index is 12.2. The van der Waals surface area contributed by atoms with Gasteiger partial charge in [-0.3, -0.25) is 14.4 Å². The number of carbonyl (C=O) groups is 3. The minimum absolute atomic E-state index is 0.0450. The Morgan fingerprint density at radius 2 is 2.00 bits per heavy atom. The SMILES string of the molecule is COCC1(C(=O)O)CCN(C(=O)CNC(=O)COc2ccccc2)C1. The molecule has 1 heterocycles. The summed E-state index contributed by atoms with van der Waals surface area (Å²) in [7, 11) is 1.43. The summed E-state index contributed by atoms with van der Waals surface area (Å²) in [6.45, 7) is 0.0549. The van der Waals surface area contributed by atoms with Crippen molar-refractivity contribution in [1.29, 1.82) is 0 Å². The zero-order valence-corrected chi connectivity index (χ0v) is 14.1. The number of carbonyl (C=O) groups excluding carboxylic acids is 2. The number of ether oxygens (including phenoxy) is 2. The molecule has 0 aromatic heterocycles. The summed E-state index contributed by atoms with van der Waals surface area (Å²) in [5, 5.41) is 11.9. The monoisotopic (exact) mass is 350 g/mol. The Morgan fingerprint density at radius 1 is 1.28 bits per heavy atom. The molecule has 8 heteroatoms. The van der Waals surface area contributed by atoms with E-state index >= 15 is 0 Å². The van der Waals surface area contributed by atoms with Crippen LogP contribution >= 0.6 is 0 Å². The van der Waals surface area contributed by atoms with Gasteiger partial charge in [0.25, 0.3) is 5.91 Å². The van der Waals surface area contributed by atoms with Gasteiger partial charge in [-0.05, 0) is 18.6 Å². The molecule has 0 spiro atoms. The molecule has 2 N–H and O–H groups in total. The summed E-state index contributed by atoms with van der Waals surface area (Å²) in [4.78, 5) is 36.8. The number of nitrogens with one attached hydrogen (secondary N) is 1. The first-order valence-electron chi connectivity index (χ1n) is 7.91. The lowest BCUT2D eigenvalue weighted by atomic mass is 9.88. The van der Waals surface area contributed by atoms with Crippen molar-refractivity contribution in [2.45, 2.75) is 6.42 Å². The molecule has 1 fully saturated rings. The number of hydrogen-bond donors (Lipinski definition) is 2. The van der Waals surface area contributed by atoms with E-state index in [9.17, 15) is 19.5 Å². The number of benzene rings is 1. The lowest BCUT2D eigenvalue weighted by Gasteiger charge is -2.23. The van der Waals surface area contributed by atoms with Crippen LogP contribution in [0.2, 0.25) is 0 Å². The maximum atomic E-state index is 12.2. The van der Waals surface area contributed by atoms with Crippen LogP contribution in [-0.2, 0) is 19.1 Å². The van der Waals surface area contributed by atoms with E-state index in [2.05, 4.69) is 5.32 Å². The molecule has 8 nitrogen and oxygen atoms in total. The van der Waals surface area contributed by atoms with Gasteiger partial charge in [-0.15, -0.1) is 0 Å². The lowest BCUT2D eigenvalue weighted by molar-refractivity contribution is -0.151. The first kappa shape index (κ1) is 18.7. The molecular formula is C17H22N2O6. The van der Waals surface area contributed by atoms with Crippen LogP contribution in [0.5, 0.6) is 5.75 Å². The second-order valence-electron chi connectivity index (χ2n) is 5.96. The molecule has 0 aliphatic carbocycles. The zero-order valence-electron chi connectivity index (χ0n) is 14.1. The van der Waals surface area contributed by atoms with Crippen LogP contribution in [0.15, 0.2) is 30.3 Å². The average Bonchev–Trinajstić information content (AvgIpc) is 3.05. The third kappa shape index (κ3) is 4.93. The average molecular weight is 350 g/mol. The van der Waals surface area contributed by atoms with Crippen LogP contribution in [0.4, 0.5) is 0 Å². The highest BCUT2D eigenvalue weighted by molar-refractivity contribution is 5.86. The minimum atomic E-state index is -1.08. The Labute approximate surface area is 145 Å². The van der Waals surface area contributed by atoms with Crippen molar-refractivity contribution in [2.24, 2.45) is 5.41 Å². The van der Waals surface area contributed by atoms with Crippen LogP contribution in [-0.4, -0.2) is 67.7 Å². The van der Waals surface area contributed by atoms with E-state index in [1.807, 2.05) is 6.07 Å². The Kier molecular flexibility index (Phi) is 6.35. The van der Waals surface area contributed by atoms with Crippen molar-refractivity contribution in [3.05, 3.63) is 30.3 Å². The Bertz CT molecular complexity index is 621. The van der Waals surface area contributed by atoms with Crippen molar-refractivity contribution < 1.29 is 29.0 Å². The van der Waals surface area contributed by atoms with E-state index in [0.717, 1.165) is 0 Å². The van der Waals surface area contributed by atoms with Crippen LogP contribution in [0.3, 0.4) is 0 Å². The van der Waals surface area contributed by atoms with E-state index < -0.39 is 17.3 Å². The van der Waals surface area contributed by atoms with Gasteiger partial charge in [0, 0.05) is 20.2 Å². The number of amides is 2. The second-order valence-corrected chi connectivity index (χ2v) is 5.96. The quantitative estimate of drug-likeness (QED) is 0.690. The van der Waals surface area contributed by atoms with Crippen molar-refractivity contribution >= 4 is 17.8 Å². The third-order valence-corrected chi connectivity index (χ3v) is 4.13. The molecule has 2 amide bonds. The van der Waals surface area contributed by atoms with Gasteiger partial charge in [0.1, 0.15) is 11.2 Å². The van der Waals surface area contributed by atoms with Gasteiger partial charge >= 0.3 is 5.97 Å². The van der Waals surface area contributed by atoms with Crippen molar-refractivity contribution in [3.63, 3.8) is 0 Å². The fourth-order valence-corrected chi connectivity index (χ4v) is 2.72. The Hall–Kier alpha value is -2.61. The van der Waals surface area contributed by atoms with E-state index in [0.29, 0.717) is 18.7 Å². The number of aliphatic carboxylic acids is 1. The summed E-state index contributed by atoms with van der Waals surface area (Å²) >= 11 is 0. The number of rotatable bonds is 8. The van der Waals surface area contributed by atoms with Gasteiger partial charge in [0.2, 0.25) is 5.91 Å². The van der Waals surface area contributed by atoms with Gasteiger partial charge in [0.05, 0.1) is 13.2 Å². The van der Waals surface area contributed by atoms with Gasteiger partial charge in [0.15, 0.2) is 6.61 Å². The summed E-state index contributed by atoms with van der Waals surface area (Å²) < 4.78 is 10.3. The largest absolute Gasteiger partial charge is 0.484 e. The fraction of sp³-hybridized carbons (Fsp3) is 0.471. The molecule has 0 bridgehead atoms. The molecule has 1 aromatic carbocycles. The van der Waals surface area contributed by atoms with E-state index in [-0.39, 0.29) is 32.2 Å². The van der Waals surface area contributed by atoms with Gasteiger partial charge < -0.3 is 24.8 Å². The number of carboxylic acid groups (broad SMARTS) is 1. The maximum Gasteiger partial charge on any atom is 0.313 e. The molecule has 1 aromatic rings. The normalized spacial score (nSPS) is 19.5. The number of hydrogen-bond acceptors (Lipinski definition) is 5. The summed E-state index contributed by atoms with van der Waals surface area (Å²) in [6, 6.07) is 8.87. The van der Waals surface area contributed by atoms with Crippen LogP contribution < -0.4 is 10.1 Å². The third-order valence-electron chi connectivity index (χ3n) is 4.13. The topological polar surface area (TPSA) is 105 Å². The lowest BCUT2D eigenvalue weighted by Crippen LogP contribution is -2.43. The molecular weight excluding hydrogens is 328 g/mol. The predicted octanol–water partition coefficient (Wildman–Crippen LogP) is 0.131. The summed E-state index contributed by atoms with van der Waals surface area (Å²) in [5.74, 6) is -1.16. The molecule has 1 aliphatic heterocycles. The van der Waals surface area contributed by atoms with E-state index in [1.54, 1.807) is 24.3 Å². The number of likely N-dealkylation sites (tertiary alicyclic amines) is 1. The van der Waals surface area contributed by atoms with Crippen LogP contribution in [0.25, 0.3) is 0 Å². The van der Waals surface area contributed by atoms with Crippen molar-refractivity contribution in [1.82, 2.24) is 10.2 Å². The molecule has 25 heavy (non-hydrogen) atoms. The van der Waals surface area contributed by atoms with Gasteiger partial charge in [-0.25, -0.2) is 0 Å². The molecule has 0 radical (unpaired) electrons. The second kappa shape index (κ2) is 8.48. The highest BCUT2D eigenvalue weighted by Crippen LogP contribution is 2.31. The molecule has 0 saturated carbocycles. The van der Waals surface area contributed by atoms with E-state index in [4.69, 9.17) is 9.47 Å². The standard InChI is InChI=1S/C17H22N2O6/c1-24-12-17(16(22)23)7-8-19(11-17)15(21)9-18-14(20)10-25-13-5-3-2-4-6-13/h2-6H,7-12H2,1H3,(H,18,20)(H,22,23). The molecule has 1 aliphatic rings. The molecule has 2 rings (SSSR count). The molecule has 1 saturated heterocycles. The van der Waals surface area contributed by atoms with E-state index in [1.165, 1.54) is 12.0 Å². The zero-order chi connectivity index (χ0) is 18.3. The molecule has 1 unspecified atom stereocenters. The number of para-hydroxylation sites is 1. The van der Waals surface area contributed by atoms with Crippen molar-refractivity contribution in [3.8, 4) is 5.75 Å². The summed E-state index contributed by atoms with van der Waals surface area (Å²) in [6.07, 6.45) is 0.326. The van der Waals surface area contributed by atoms with Crippen LogP contribution in [0, 0.1) is 5.41 Å². The van der Waals surface area contributed by atoms with Gasteiger partial charge in [-0.2, -0.15) is 0 Å². The first-order chi connectivity index (χ1) is 12.0. The molecule has 1 atom stereocenters. The predicted molar refractivity (Wildman–Crippen MR) is 88.1 cm³/mol. The highest BCUT2D eigenvalue weighted by atomic mass is 16.5. The number of methoxy groups -OCH3 is 1. The Morgan fingerprint density at radius 3 is 2.64 bits per heavy atom. The first-order valence-corrected chi connectivity index (χ1v) is 7.91. The number of carboxylic acids is 1. The Balaban J connectivity index is 1.76. The van der Waals surface area contributed by atoms with Gasteiger partial charge in [-0.1, -0.05) is 18.2 Å². The fourth-order valence-electron chi connectivity index (χ4n) is 2.72.